The highest BCUT2D eigenvalue weighted by molar-refractivity contribution is 7.99. The fourth-order valence-electron chi connectivity index (χ4n) is 5.64. The standard InChI is InChI=1S/C23H30FN3O2S/c1-15(19-12-16-8-9-17(19)11-16)27-22(13-29-21-7-3-2-6-20(21)24)25-26-23(27)30-14-18-5-4-10-28-18/h2-3,6-7,15-19H,4-5,8-14H2,1H3. The molecule has 0 amide bonds. The summed E-state index contributed by atoms with van der Waals surface area (Å²) in [6.45, 7) is 3.39. The molecule has 0 N–H and O–H groups in total. The molecular formula is C23H30FN3O2S. The first-order valence-electron chi connectivity index (χ1n) is 11.2. The van der Waals surface area contributed by atoms with Crippen molar-refractivity contribution in [2.24, 2.45) is 17.8 Å². The summed E-state index contributed by atoms with van der Waals surface area (Å²) in [6, 6.07) is 6.84. The molecule has 5 atom stereocenters. The Kier molecular flexibility index (Phi) is 6.01. The monoisotopic (exact) mass is 431 g/mol. The van der Waals surface area contributed by atoms with Crippen molar-refractivity contribution in [2.75, 3.05) is 12.4 Å². The molecule has 30 heavy (non-hydrogen) atoms. The van der Waals surface area contributed by atoms with Crippen LogP contribution in [0.15, 0.2) is 29.4 Å². The summed E-state index contributed by atoms with van der Waals surface area (Å²) in [5.74, 6) is 3.95. The summed E-state index contributed by atoms with van der Waals surface area (Å²) in [5, 5.41) is 9.92. The van der Waals surface area contributed by atoms with Crippen LogP contribution in [-0.2, 0) is 11.3 Å². The molecule has 162 valence electrons. The lowest BCUT2D eigenvalue weighted by atomic mass is 9.84. The maximum absolute atomic E-state index is 14.0. The number of hydrogen-bond donors (Lipinski definition) is 0. The van der Waals surface area contributed by atoms with Crippen molar-refractivity contribution < 1.29 is 13.9 Å². The molecule has 2 heterocycles. The average molecular weight is 432 g/mol. The first kappa shape index (κ1) is 20.3. The number of para-hydroxylation sites is 1. The SMILES string of the molecule is CC(C1CC2CCC1C2)n1c(COc2ccccc2F)nnc1SCC1CCCO1. The van der Waals surface area contributed by atoms with E-state index in [0.29, 0.717) is 18.1 Å². The van der Waals surface area contributed by atoms with E-state index in [0.717, 1.165) is 48.0 Å². The summed E-state index contributed by atoms with van der Waals surface area (Å²) >= 11 is 1.73. The number of thioether (sulfide) groups is 1. The van der Waals surface area contributed by atoms with Crippen LogP contribution in [0.25, 0.3) is 0 Å². The predicted molar refractivity (Wildman–Crippen MR) is 114 cm³/mol. The second kappa shape index (κ2) is 8.87. The van der Waals surface area contributed by atoms with Crippen LogP contribution in [0.3, 0.4) is 0 Å². The first-order valence-corrected chi connectivity index (χ1v) is 12.2. The number of halogens is 1. The summed E-state index contributed by atoms with van der Waals surface area (Å²) < 4.78 is 27.9. The minimum absolute atomic E-state index is 0.222. The molecule has 2 aliphatic carbocycles. The lowest BCUT2D eigenvalue weighted by Gasteiger charge is -2.30. The fourth-order valence-corrected chi connectivity index (χ4v) is 6.74. The van der Waals surface area contributed by atoms with Gasteiger partial charge in [0.05, 0.1) is 6.10 Å². The predicted octanol–water partition coefficient (Wildman–Crippen LogP) is 5.26. The Morgan fingerprint density at radius 3 is 2.87 bits per heavy atom. The Hall–Kier alpha value is -1.60. The van der Waals surface area contributed by atoms with E-state index in [9.17, 15) is 4.39 Å². The van der Waals surface area contributed by atoms with Gasteiger partial charge in [0.15, 0.2) is 22.5 Å². The maximum Gasteiger partial charge on any atom is 0.191 e. The van der Waals surface area contributed by atoms with Gasteiger partial charge in [0, 0.05) is 18.4 Å². The van der Waals surface area contributed by atoms with E-state index < -0.39 is 0 Å². The van der Waals surface area contributed by atoms with Crippen molar-refractivity contribution >= 4 is 11.8 Å². The van der Waals surface area contributed by atoms with Gasteiger partial charge in [-0.2, -0.15) is 0 Å². The number of nitrogens with zero attached hydrogens (tertiary/aromatic N) is 3. The van der Waals surface area contributed by atoms with Crippen molar-refractivity contribution in [1.29, 1.82) is 0 Å². The van der Waals surface area contributed by atoms with E-state index in [-0.39, 0.29) is 18.2 Å². The van der Waals surface area contributed by atoms with Gasteiger partial charge in [-0.15, -0.1) is 10.2 Å². The summed E-state index contributed by atoms with van der Waals surface area (Å²) in [7, 11) is 0. The molecule has 3 aliphatic rings. The minimum atomic E-state index is -0.349. The second-order valence-corrected chi connectivity index (χ2v) is 10.0. The normalized spacial score (nSPS) is 28.9. The van der Waals surface area contributed by atoms with Gasteiger partial charge in [0.2, 0.25) is 0 Å². The Bertz CT molecular complexity index is 870. The third-order valence-corrected chi connectivity index (χ3v) is 8.25. The van der Waals surface area contributed by atoms with E-state index >= 15 is 0 Å². The third kappa shape index (κ3) is 4.11. The highest BCUT2D eigenvalue weighted by Gasteiger charge is 2.43. The number of rotatable bonds is 8. The van der Waals surface area contributed by atoms with Crippen molar-refractivity contribution in [3.05, 3.63) is 35.9 Å². The van der Waals surface area contributed by atoms with Crippen LogP contribution in [0.5, 0.6) is 5.75 Å². The van der Waals surface area contributed by atoms with Crippen LogP contribution in [0.1, 0.15) is 57.3 Å². The molecule has 7 heteroatoms. The molecule has 5 rings (SSSR count). The molecule has 5 unspecified atom stereocenters. The van der Waals surface area contributed by atoms with Crippen LogP contribution < -0.4 is 4.74 Å². The Morgan fingerprint density at radius 1 is 1.23 bits per heavy atom. The largest absolute Gasteiger partial charge is 0.483 e. The number of ether oxygens (including phenoxy) is 2. The van der Waals surface area contributed by atoms with Crippen molar-refractivity contribution in [3.63, 3.8) is 0 Å². The van der Waals surface area contributed by atoms with Crippen LogP contribution in [0.4, 0.5) is 4.39 Å². The molecule has 1 saturated heterocycles. The Labute approximate surface area is 181 Å². The molecule has 3 fully saturated rings. The highest BCUT2D eigenvalue weighted by Crippen LogP contribution is 2.52. The van der Waals surface area contributed by atoms with Crippen molar-refractivity contribution in [1.82, 2.24) is 14.8 Å². The molecule has 0 radical (unpaired) electrons. The summed E-state index contributed by atoms with van der Waals surface area (Å²) in [4.78, 5) is 0. The number of hydrogen-bond acceptors (Lipinski definition) is 5. The third-order valence-electron chi connectivity index (χ3n) is 7.17. The molecular weight excluding hydrogens is 401 g/mol. The smallest absolute Gasteiger partial charge is 0.191 e. The van der Waals surface area contributed by atoms with Crippen molar-refractivity contribution in [3.8, 4) is 5.75 Å². The number of benzene rings is 1. The second-order valence-electron chi connectivity index (χ2n) is 9.01. The van der Waals surface area contributed by atoms with E-state index in [1.165, 1.54) is 31.7 Å². The quantitative estimate of drug-likeness (QED) is 0.533. The highest BCUT2D eigenvalue weighted by atomic mass is 32.2. The molecule has 1 aromatic heterocycles. The molecule has 5 nitrogen and oxygen atoms in total. The summed E-state index contributed by atoms with van der Waals surface area (Å²) in [5.41, 5.74) is 0. The zero-order valence-electron chi connectivity index (χ0n) is 17.5. The van der Waals surface area contributed by atoms with Gasteiger partial charge >= 0.3 is 0 Å². The number of aromatic nitrogens is 3. The van der Waals surface area contributed by atoms with Gasteiger partial charge < -0.3 is 9.47 Å². The molecule has 2 aromatic rings. The zero-order valence-corrected chi connectivity index (χ0v) is 18.3. The Balaban J connectivity index is 1.36. The maximum atomic E-state index is 14.0. The molecule has 2 saturated carbocycles. The zero-order chi connectivity index (χ0) is 20.5. The van der Waals surface area contributed by atoms with Gasteiger partial charge in [-0.05, 0) is 68.9 Å². The molecule has 1 aromatic carbocycles. The van der Waals surface area contributed by atoms with E-state index in [4.69, 9.17) is 9.47 Å². The van der Waals surface area contributed by atoms with Crippen LogP contribution in [0, 0.1) is 23.6 Å². The number of fused-ring (bicyclic) bond motifs is 2. The molecule has 0 spiro atoms. The van der Waals surface area contributed by atoms with Crippen LogP contribution in [0.2, 0.25) is 0 Å². The lowest BCUT2D eigenvalue weighted by molar-refractivity contribution is 0.128. The lowest BCUT2D eigenvalue weighted by Crippen LogP contribution is -2.25. The average Bonchev–Trinajstić information content (AvgIpc) is 3.56. The fraction of sp³-hybridized carbons (Fsp3) is 0.652. The van der Waals surface area contributed by atoms with E-state index in [1.54, 1.807) is 30.0 Å². The summed E-state index contributed by atoms with van der Waals surface area (Å²) in [6.07, 6.45) is 7.97. The van der Waals surface area contributed by atoms with Crippen molar-refractivity contribution in [2.45, 2.75) is 69.4 Å². The van der Waals surface area contributed by atoms with Gasteiger partial charge in [0.25, 0.3) is 0 Å². The first-order chi connectivity index (χ1) is 14.7. The molecule has 1 aliphatic heterocycles. The topological polar surface area (TPSA) is 49.2 Å². The van der Waals surface area contributed by atoms with Gasteiger partial charge in [0.1, 0.15) is 6.61 Å². The van der Waals surface area contributed by atoms with Gasteiger partial charge in [-0.3, -0.25) is 4.57 Å². The minimum Gasteiger partial charge on any atom is -0.483 e. The molecule has 2 bridgehead atoms. The Morgan fingerprint density at radius 2 is 2.13 bits per heavy atom. The van der Waals surface area contributed by atoms with Crippen LogP contribution >= 0.6 is 11.8 Å². The van der Waals surface area contributed by atoms with Gasteiger partial charge in [-0.1, -0.05) is 30.3 Å². The van der Waals surface area contributed by atoms with E-state index in [2.05, 4.69) is 21.7 Å². The van der Waals surface area contributed by atoms with Gasteiger partial charge in [-0.25, -0.2) is 4.39 Å². The van der Waals surface area contributed by atoms with Crippen LogP contribution in [-0.4, -0.2) is 33.2 Å². The van der Waals surface area contributed by atoms with E-state index in [1.807, 2.05) is 0 Å².